The van der Waals surface area contributed by atoms with Crippen molar-refractivity contribution >= 4 is 23.7 Å². The van der Waals surface area contributed by atoms with Crippen molar-refractivity contribution in [1.82, 2.24) is 14.9 Å². The van der Waals surface area contributed by atoms with Gasteiger partial charge in [0.15, 0.2) is 5.16 Å². The van der Waals surface area contributed by atoms with Gasteiger partial charge in [0.1, 0.15) is 11.4 Å². The number of hydrogen-bond donors (Lipinski definition) is 0. The Morgan fingerprint density at radius 2 is 1.83 bits per heavy atom. The molecule has 2 atom stereocenters. The number of anilines is 1. The van der Waals surface area contributed by atoms with E-state index in [1.807, 2.05) is 38.9 Å². The summed E-state index contributed by atoms with van der Waals surface area (Å²) in [5, 5.41) is 0.802. The van der Waals surface area contributed by atoms with Crippen LogP contribution in [-0.4, -0.2) is 58.0 Å². The SMILES string of the molecule is CSc1nc(C)c(C)c(N2CC3CC(C2)N3C(=O)OC(C)(C)C)n1. The largest absolute Gasteiger partial charge is 0.444 e. The number of piperazine rings is 1. The van der Waals surface area contributed by atoms with Gasteiger partial charge in [0, 0.05) is 24.3 Å². The molecule has 1 aromatic rings. The van der Waals surface area contributed by atoms with Gasteiger partial charge in [0.05, 0.1) is 12.1 Å². The molecular formula is C17H26N4O2S. The molecule has 1 amide bonds. The molecule has 0 spiro atoms. The highest BCUT2D eigenvalue weighted by Gasteiger charge is 2.49. The van der Waals surface area contributed by atoms with Gasteiger partial charge in [-0.15, -0.1) is 0 Å². The minimum atomic E-state index is -0.450. The van der Waals surface area contributed by atoms with Crippen LogP contribution in [0.3, 0.4) is 0 Å². The standard InChI is InChI=1S/C17H26N4O2S/c1-10-11(2)18-15(24-6)19-14(10)20-8-12-7-13(9-20)21(12)16(22)23-17(3,4)5/h12-13H,7-9H2,1-6H3. The maximum absolute atomic E-state index is 12.4. The van der Waals surface area contributed by atoms with E-state index in [1.54, 1.807) is 11.8 Å². The number of hydrogen-bond acceptors (Lipinski definition) is 6. The van der Waals surface area contributed by atoms with E-state index in [0.717, 1.165) is 41.7 Å². The van der Waals surface area contributed by atoms with Crippen molar-refractivity contribution in [3.63, 3.8) is 0 Å². The highest BCUT2D eigenvalue weighted by Crippen LogP contribution is 2.36. The van der Waals surface area contributed by atoms with Crippen LogP contribution in [0.25, 0.3) is 0 Å². The van der Waals surface area contributed by atoms with E-state index in [9.17, 15) is 4.79 Å². The predicted octanol–water partition coefficient (Wildman–Crippen LogP) is 3.01. The Hall–Kier alpha value is -1.50. The van der Waals surface area contributed by atoms with Crippen LogP contribution in [0.1, 0.15) is 38.4 Å². The molecule has 7 heteroatoms. The minimum absolute atomic E-state index is 0.191. The van der Waals surface area contributed by atoms with Crippen LogP contribution < -0.4 is 4.90 Å². The van der Waals surface area contributed by atoms with E-state index >= 15 is 0 Å². The number of aryl methyl sites for hydroxylation is 1. The molecule has 0 radical (unpaired) electrons. The Bertz CT molecular complexity index is 647. The van der Waals surface area contributed by atoms with E-state index in [4.69, 9.17) is 9.72 Å². The lowest BCUT2D eigenvalue weighted by atomic mass is 9.88. The van der Waals surface area contributed by atoms with Crippen LogP contribution in [0.4, 0.5) is 10.6 Å². The molecule has 2 bridgehead atoms. The van der Waals surface area contributed by atoms with Gasteiger partial charge >= 0.3 is 6.09 Å². The van der Waals surface area contributed by atoms with Gasteiger partial charge in [0.2, 0.25) is 0 Å². The van der Waals surface area contributed by atoms with Gasteiger partial charge in [-0.2, -0.15) is 0 Å². The molecule has 0 N–H and O–H groups in total. The number of fused-ring (bicyclic) bond motifs is 2. The number of thioether (sulfide) groups is 1. The number of aromatic nitrogens is 2. The Labute approximate surface area is 148 Å². The van der Waals surface area contributed by atoms with Crippen LogP contribution in [0.2, 0.25) is 0 Å². The summed E-state index contributed by atoms with van der Waals surface area (Å²) in [5.74, 6) is 1.00. The van der Waals surface area contributed by atoms with Crippen molar-refractivity contribution in [2.75, 3.05) is 24.2 Å². The van der Waals surface area contributed by atoms with Crippen LogP contribution in [-0.2, 0) is 4.74 Å². The molecule has 2 unspecified atom stereocenters. The van der Waals surface area contributed by atoms with Crippen molar-refractivity contribution in [1.29, 1.82) is 0 Å². The normalized spacial score (nSPS) is 23.1. The summed E-state index contributed by atoms with van der Waals surface area (Å²) in [6, 6.07) is 0.428. The topological polar surface area (TPSA) is 58.6 Å². The molecule has 4 rings (SSSR count). The summed E-state index contributed by atoms with van der Waals surface area (Å²) in [7, 11) is 0. The number of ether oxygens (including phenoxy) is 1. The Balaban J connectivity index is 1.74. The van der Waals surface area contributed by atoms with Crippen molar-refractivity contribution < 1.29 is 9.53 Å². The molecule has 6 nitrogen and oxygen atoms in total. The number of piperidine rings is 1. The third-order valence-electron chi connectivity index (χ3n) is 4.62. The maximum atomic E-state index is 12.4. The van der Waals surface area contributed by atoms with Crippen LogP contribution in [0.15, 0.2) is 5.16 Å². The number of carbonyl (C=O) groups excluding carboxylic acids is 1. The number of carbonyl (C=O) groups is 1. The molecule has 0 saturated carbocycles. The van der Waals surface area contributed by atoms with Crippen molar-refractivity contribution in [2.45, 2.75) is 63.9 Å². The first-order chi connectivity index (χ1) is 11.2. The van der Waals surface area contributed by atoms with E-state index in [0.29, 0.717) is 0 Å². The van der Waals surface area contributed by atoms with Crippen LogP contribution in [0, 0.1) is 13.8 Å². The third-order valence-corrected chi connectivity index (χ3v) is 5.17. The second-order valence-corrected chi connectivity index (χ2v) is 8.35. The van der Waals surface area contributed by atoms with Crippen LogP contribution >= 0.6 is 11.8 Å². The Kier molecular flexibility index (Phi) is 4.40. The molecular weight excluding hydrogens is 324 g/mol. The molecule has 1 aromatic heterocycles. The number of rotatable bonds is 2. The molecule has 0 aliphatic carbocycles. The lowest BCUT2D eigenvalue weighted by Crippen LogP contribution is -2.70. The molecule has 3 fully saturated rings. The molecule has 4 heterocycles. The Morgan fingerprint density at radius 1 is 1.21 bits per heavy atom. The Morgan fingerprint density at radius 3 is 2.38 bits per heavy atom. The van der Waals surface area contributed by atoms with E-state index in [-0.39, 0.29) is 18.2 Å². The number of amides is 1. The maximum Gasteiger partial charge on any atom is 0.410 e. The smallest absolute Gasteiger partial charge is 0.410 e. The van der Waals surface area contributed by atoms with Crippen LogP contribution in [0.5, 0.6) is 0 Å². The fourth-order valence-corrected chi connectivity index (χ4v) is 3.79. The highest BCUT2D eigenvalue weighted by molar-refractivity contribution is 7.98. The van der Waals surface area contributed by atoms with E-state index in [2.05, 4.69) is 16.8 Å². The second-order valence-electron chi connectivity index (χ2n) is 7.58. The number of nitrogens with zero attached hydrogens (tertiary/aromatic N) is 4. The first-order valence-corrected chi connectivity index (χ1v) is 9.57. The first-order valence-electron chi connectivity index (χ1n) is 8.35. The second kappa shape index (κ2) is 6.10. The van der Waals surface area contributed by atoms with Gasteiger partial charge in [-0.1, -0.05) is 11.8 Å². The fourth-order valence-electron chi connectivity index (χ4n) is 3.38. The third kappa shape index (κ3) is 3.18. The van der Waals surface area contributed by atoms with Gasteiger partial charge in [-0.3, -0.25) is 4.90 Å². The van der Waals surface area contributed by atoms with Crippen molar-refractivity contribution in [3.8, 4) is 0 Å². The summed E-state index contributed by atoms with van der Waals surface area (Å²) >= 11 is 1.56. The first kappa shape index (κ1) is 17.3. The lowest BCUT2D eigenvalue weighted by molar-refractivity contribution is -0.0380. The lowest BCUT2D eigenvalue weighted by Gasteiger charge is -2.56. The average molecular weight is 350 g/mol. The summed E-state index contributed by atoms with van der Waals surface area (Å²) in [6.07, 6.45) is 2.85. The van der Waals surface area contributed by atoms with Gasteiger partial charge < -0.3 is 9.64 Å². The van der Waals surface area contributed by atoms with Gasteiger partial charge in [-0.05, 0) is 47.3 Å². The van der Waals surface area contributed by atoms with Crippen molar-refractivity contribution in [2.24, 2.45) is 0 Å². The average Bonchev–Trinajstić information content (AvgIpc) is 2.47. The quantitative estimate of drug-likeness (QED) is 0.604. The molecule has 3 aliphatic heterocycles. The monoisotopic (exact) mass is 350 g/mol. The predicted molar refractivity (Wildman–Crippen MR) is 95.8 cm³/mol. The zero-order chi connectivity index (χ0) is 17.6. The van der Waals surface area contributed by atoms with E-state index < -0.39 is 5.60 Å². The molecule has 24 heavy (non-hydrogen) atoms. The highest BCUT2D eigenvalue weighted by atomic mass is 32.2. The molecule has 132 valence electrons. The zero-order valence-corrected chi connectivity index (χ0v) is 16.1. The summed E-state index contributed by atoms with van der Waals surface area (Å²) < 4.78 is 5.54. The molecule has 0 aromatic carbocycles. The summed E-state index contributed by atoms with van der Waals surface area (Å²) in [6.45, 7) is 11.4. The fraction of sp³-hybridized carbons (Fsp3) is 0.706. The van der Waals surface area contributed by atoms with Gasteiger partial charge in [-0.25, -0.2) is 14.8 Å². The molecule has 3 aliphatic rings. The van der Waals surface area contributed by atoms with Gasteiger partial charge in [0.25, 0.3) is 0 Å². The molecule has 3 saturated heterocycles. The summed E-state index contributed by atoms with van der Waals surface area (Å²) in [4.78, 5) is 25.8. The zero-order valence-electron chi connectivity index (χ0n) is 15.3. The minimum Gasteiger partial charge on any atom is -0.444 e. The summed E-state index contributed by atoms with van der Waals surface area (Å²) in [5.41, 5.74) is 1.69. The van der Waals surface area contributed by atoms with Crippen molar-refractivity contribution in [3.05, 3.63) is 11.3 Å². The van der Waals surface area contributed by atoms with E-state index in [1.165, 1.54) is 0 Å².